The number of halogens is 1. The summed E-state index contributed by atoms with van der Waals surface area (Å²) in [6.07, 6.45) is 0.772. The van der Waals surface area contributed by atoms with E-state index in [2.05, 4.69) is 5.32 Å². The SMILES string of the molecule is CCCNC(=O)[C@@H](C)N(Cc1ccc(F)cc1)C(=O)CCCN1C(=O)c2ccccc2S1(=O)=O. The number of nitrogens with one attached hydrogen (secondary N) is 1. The summed E-state index contributed by atoms with van der Waals surface area (Å²) >= 11 is 0. The fourth-order valence-corrected chi connectivity index (χ4v) is 5.34. The van der Waals surface area contributed by atoms with Crippen LogP contribution in [0.3, 0.4) is 0 Å². The predicted molar refractivity (Wildman–Crippen MR) is 124 cm³/mol. The minimum absolute atomic E-state index is 0.0366. The smallest absolute Gasteiger partial charge is 0.269 e. The van der Waals surface area contributed by atoms with Crippen LogP contribution in [0.15, 0.2) is 53.4 Å². The molecule has 0 radical (unpaired) electrons. The lowest BCUT2D eigenvalue weighted by atomic mass is 10.1. The van der Waals surface area contributed by atoms with Crippen molar-refractivity contribution in [1.29, 1.82) is 0 Å². The third-order valence-corrected chi connectivity index (χ3v) is 7.49. The molecule has 1 atom stereocenters. The van der Waals surface area contributed by atoms with Gasteiger partial charge in [-0.1, -0.05) is 31.2 Å². The third kappa shape index (κ3) is 5.44. The Bertz CT molecular complexity index is 1170. The molecule has 3 rings (SSSR count). The molecule has 2 aromatic carbocycles. The van der Waals surface area contributed by atoms with Crippen molar-refractivity contribution in [2.75, 3.05) is 13.1 Å². The van der Waals surface area contributed by atoms with Gasteiger partial charge in [-0.15, -0.1) is 0 Å². The summed E-state index contributed by atoms with van der Waals surface area (Å²) in [7, 11) is -3.95. The van der Waals surface area contributed by atoms with Crippen molar-refractivity contribution in [3.05, 3.63) is 65.5 Å². The maximum absolute atomic E-state index is 13.3. The molecule has 0 fully saturated rings. The summed E-state index contributed by atoms with van der Waals surface area (Å²) < 4.78 is 39.5. The van der Waals surface area contributed by atoms with Gasteiger partial charge in [0.25, 0.3) is 15.9 Å². The summed E-state index contributed by atoms with van der Waals surface area (Å²) in [4.78, 5) is 39.5. The number of hydrogen-bond donors (Lipinski definition) is 1. The van der Waals surface area contributed by atoms with Gasteiger partial charge in [0.1, 0.15) is 16.8 Å². The van der Waals surface area contributed by atoms with Gasteiger partial charge in [-0.25, -0.2) is 17.1 Å². The number of benzene rings is 2. The largest absolute Gasteiger partial charge is 0.354 e. The zero-order chi connectivity index (χ0) is 24.9. The maximum atomic E-state index is 13.3. The average molecular weight is 490 g/mol. The first kappa shape index (κ1) is 25.4. The van der Waals surface area contributed by atoms with Gasteiger partial charge in [-0.2, -0.15) is 0 Å². The molecule has 8 nitrogen and oxygen atoms in total. The van der Waals surface area contributed by atoms with Gasteiger partial charge in [-0.05, 0) is 49.6 Å². The van der Waals surface area contributed by atoms with Crippen molar-refractivity contribution in [3.8, 4) is 0 Å². The molecule has 1 aliphatic rings. The van der Waals surface area contributed by atoms with E-state index in [0.29, 0.717) is 12.1 Å². The lowest BCUT2D eigenvalue weighted by molar-refractivity contribution is -0.140. The van der Waals surface area contributed by atoms with E-state index >= 15 is 0 Å². The summed E-state index contributed by atoms with van der Waals surface area (Å²) in [5.41, 5.74) is 0.769. The topological polar surface area (TPSA) is 104 Å². The van der Waals surface area contributed by atoms with Crippen LogP contribution in [0.2, 0.25) is 0 Å². The molecule has 2 aromatic rings. The first-order valence-corrected chi connectivity index (χ1v) is 12.6. The molecular formula is C24H28FN3O5S. The number of rotatable bonds is 10. The number of carbonyl (C=O) groups excluding carboxylic acids is 3. The molecule has 0 saturated heterocycles. The fraction of sp³-hybridized carbons (Fsp3) is 0.375. The van der Waals surface area contributed by atoms with Gasteiger partial charge < -0.3 is 10.2 Å². The molecule has 0 unspecified atom stereocenters. The number of hydrogen-bond acceptors (Lipinski definition) is 5. The lowest BCUT2D eigenvalue weighted by Gasteiger charge is -2.29. The zero-order valence-electron chi connectivity index (χ0n) is 19.2. The summed E-state index contributed by atoms with van der Waals surface area (Å²) in [5.74, 6) is -1.71. The van der Waals surface area contributed by atoms with E-state index in [0.717, 1.165) is 10.7 Å². The Balaban J connectivity index is 1.69. The van der Waals surface area contributed by atoms with Crippen molar-refractivity contribution < 1.29 is 27.2 Å². The van der Waals surface area contributed by atoms with Crippen molar-refractivity contribution >= 4 is 27.7 Å². The number of fused-ring (bicyclic) bond motifs is 1. The highest BCUT2D eigenvalue weighted by atomic mass is 32.2. The fourth-order valence-electron chi connectivity index (χ4n) is 3.73. The van der Waals surface area contributed by atoms with Crippen molar-refractivity contribution in [2.24, 2.45) is 0 Å². The van der Waals surface area contributed by atoms with Crippen LogP contribution in [-0.2, 0) is 26.2 Å². The molecule has 3 amide bonds. The molecule has 34 heavy (non-hydrogen) atoms. The summed E-state index contributed by atoms with van der Waals surface area (Å²) in [6, 6.07) is 10.8. The van der Waals surface area contributed by atoms with Crippen LogP contribution in [0.5, 0.6) is 0 Å². The molecule has 1 aliphatic heterocycles. The van der Waals surface area contributed by atoms with E-state index in [4.69, 9.17) is 0 Å². The van der Waals surface area contributed by atoms with E-state index in [-0.39, 0.29) is 48.2 Å². The molecule has 1 heterocycles. The Morgan fingerprint density at radius 3 is 2.44 bits per heavy atom. The van der Waals surface area contributed by atoms with Gasteiger partial charge in [0.05, 0.1) is 5.56 Å². The number of amides is 3. The van der Waals surface area contributed by atoms with Gasteiger partial charge in [0, 0.05) is 26.1 Å². The second-order valence-corrected chi connectivity index (χ2v) is 9.93. The van der Waals surface area contributed by atoms with E-state index in [1.54, 1.807) is 31.2 Å². The van der Waals surface area contributed by atoms with Crippen LogP contribution >= 0.6 is 0 Å². The minimum Gasteiger partial charge on any atom is -0.354 e. The van der Waals surface area contributed by atoms with Crippen LogP contribution in [0.1, 0.15) is 49.0 Å². The molecule has 182 valence electrons. The van der Waals surface area contributed by atoms with Crippen molar-refractivity contribution in [2.45, 2.75) is 50.6 Å². The first-order valence-electron chi connectivity index (χ1n) is 11.1. The molecule has 0 aromatic heterocycles. The van der Waals surface area contributed by atoms with Crippen LogP contribution in [-0.4, -0.2) is 54.5 Å². The summed E-state index contributed by atoms with van der Waals surface area (Å²) in [6.45, 7) is 3.93. The Morgan fingerprint density at radius 1 is 1.12 bits per heavy atom. The maximum Gasteiger partial charge on any atom is 0.269 e. The molecule has 0 bridgehead atoms. The molecular weight excluding hydrogens is 461 g/mol. The number of sulfonamides is 1. The highest BCUT2D eigenvalue weighted by Crippen LogP contribution is 2.30. The highest BCUT2D eigenvalue weighted by Gasteiger charge is 2.40. The van der Waals surface area contributed by atoms with Gasteiger partial charge in [0.15, 0.2) is 0 Å². The molecule has 1 N–H and O–H groups in total. The molecule has 0 aliphatic carbocycles. The predicted octanol–water partition coefficient (Wildman–Crippen LogP) is 2.69. The number of nitrogens with zero attached hydrogens (tertiary/aromatic N) is 2. The van der Waals surface area contributed by atoms with Crippen LogP contribution in [0.25, 0.3) is 0 Å². The van der Waals surface area contributed by atoms with E-state index in [1.165, 1.54) is 29.2 Å². The Labute approximate surface area is 198 Å². The van der Waals surface area contributed by atoms with E-state index < -0.39 is 27.8 Å². The van der Waals surface area contributed by atoms with Gasteiger partial charge >= 0.3 is 0 Å². The highest BCUT2D eigenvalue weighted by molar-refractivity contribution is 7.90. The van der Waals surface area contributed by atoms with Crippen molar-refractivity contribution in [1.82, 2.24) is 14.5 Å². The van der Waals surface area contributed by atoms with Crippen LogP contribution in [0.4, 0.5) is 4.39 Å². The van der Waals surface area contributed by atoms with Crippen LogP contribution < -0.4 is 5.32 Å². The quantitative estimate of drug-likeness (QED) is 0.553. The summed E-state index contributed by atoms with van der Waals surface area (Å²) in [5, 5.41) is 2.76. The second kappa shape index (κ2) is 10.8. The third-order valence-electron chi connectivity index (χ3n) is 5.65. The standard InChI is InChI=1S/C24H28FN3O5S/c1-3-14-26-23(30)17(2)27(16-18-10-12-19(25)13-11-18)22(29)9-6-15-28-24(31)20-7-4-5-8-21(20)34(28,32)33/h4-5,7-8,10-13,17H,3,6,9,14-16H2,1-2H3,(H,26,30)/t17-/m1/s1. The van der Waals surface area contributed by atoms with Gasteiger partial charge in [-0.3, -0.25) is 14.4 Å². The Hall–Kier alpha value is -3.27. The molecule has 10 heteroatoms. The van der Waals surface area contributed by atoms with Crippen LogP contribution in [0, 0.1) is 5.82 Å². The Morgan fingerprint density at radius 2 is 1.79 bits per heavy atom. The second-order valence-electron chi connectivity index (χ2n) is 8.10. The minimum atomic E-state index is -3.95. The lowest BCUT2D eigenvalue weighted by Crippen LogP contribution is -2.47. The number of carbonyl (C=O) groups is 3. The van der Waals surface area contributed by atoms with E-state index in [1.807, 2.05) is 6.92 Å². The first-order chi connectivity index (χ1) is 16.2. The Kier molecular flexibility index (Phi) is 8.03. The van der Waals surface area contributed by atoms with Gasteiger partial charge in [0.2, 0.25) is 11.8 Å². The van der Waals surface area contributed by atoms with Crippen molar-refractivity contribution in [3.63, 3.8) is 0 Å². The zero-order valence-corrected chi connectivity index (χ0v) is 20.0. The molecule has 0 spiro atoms. The average Bonchev–Trinajstić information content (AvgIpc) is 3.02. The molecule has 0 saturated carbocycles. The monoisotopic (exact) mass is 489 g/mol. The van der Waals surface area contributed by atoms with E-state index in [9.17, 15) is 27.2 Å². The normalized spacial score (nSPS) is 15.0.